The van der Waals surface area contributed by atoms with Crippen molar-refractivity contribution in [1.82, 2.24) is 15.0 Å². The lowest BCUT2D eigenvalue weighted by Gasteiger charge is -2.26. The molecule has 0 saturated carbocycles. The van der Waals surface area contributed by atoms with Crippen molar-refractivity contribution >= 4 is 17.6 Å². The number of hydrogen-bond acceptors (Lipinski definition) is 6. The van der Waals surface area contributed by atoms with E-state index >= 15 is 0 Å². The highest BCUT2D eigenvalue weighted by molar-refractivity contribution is 6.04. The Morgan fingerprint density at radius 2 is 2.04 bits per heavy atom. The molecule has 0 unspecified atom stereocenters. The summed E-state index contributed by atoms with van der Waals surface area (Å²) in [6.45, 7) is 3.86. The Balaban J connectivity index is 1.73. The number of hydrogen-bond donors (Lipinski definition) is 1. The summed E-state index contributed by atoms with van der Waals surface area (Å²) in [5.41, 5.74) is 0.563. The third-order valence-electron chi connectivity index (χ3n) is 3.41. The van der Waals surface area contributed by atoms with E-state index in [1.165, 1.54) is 12.3 Å². The fraction of sp³-hybridized carbons (Fsp3) is 0.333. The largest absolute Gasteiger partial charge is 0.378 e. The van der Waals surface area contributed by atoms with Gasteiger partial charge in [-0.1, -0.05) is 5.16 Å². The molecule has 120 valence electrons. The topological polar surface area (TPSA) is 97.6 Å². The summed E-state index contributed by atoms with van der Waals surface area (Å²) in [6.07, 6.45) is 1.44. The van der Waals surface area contributed by atoms with E-state index in [1.807, 2.05) is 0 Å². The maximum atomic E-state index is 12.4. The van der Waals surface area contributed by atoms with Crippen molar-refractivity contribution < 1.29 is 18.8 Å². The van der Waals surface area contributed by atoms with Gasteiger partial charge >= 0.3 is 0 Å². The minimum absolute atomic E-state index is 0.137. The molecule has 0 atom stereocenters. The molecular weight excluding hydrogens is 300 g/mol. The van der Waals surface area contributed by atoms with Crippen LogP contribution in [0, 0.1) is 6.92 Å². The van der Waals surface area contributed by atoms with E-state index in [2.05, 4.69) is 15.5 Å². The van der Waals surface area contributed by atoms with Gasteiger partial charge in [-0.05, 0) is 19.1 Å². The van der Waals surface area contributed by atoms with Crippen LogP contribution in [0.5, 0.6) is 0 Å². The third-order valence-corrected chi connectivity index (χ3v) is 3.41. The van der Waals surface area contributed by atoms with Crippen molar-refractivity contribution in [1.29, 1.82) is 0 Å². The second-order valence-corrected chi connectivity index (χ2v) is 5.11. The molecule has 2 amide bonds. The lowest BCUT2D eigenvalue weighted by atomic mass is 10.2. The quantitative estimate of drug-likeness (QED) is 0.910. The second-order valence-electron chi connectivity index (χ2n) is 5.11. The summed E-state index contributed by atoms with van der Waals surface area (Å²) < 4.78 is 10.1. The van der Waals surface area contributed by atoms with Crippen molar-refractivity contribution in [2.75, 3.05) is 31.6 Å². The molecular formula is C15H16N4O4. The minimum Gasteiger partial charge on any atom is -0.378 e. The van der Waals surface area contributed by atoms with E-state index in [0.717, 1.165) is 0 Å². The lowest BCUT2D eigenvalue weighted by Crippen LogP contribution is -2.40. The third kappa shape index (κ3) is 3.54. The van der Waals surface area contributed by atoms with Crippen LogP contribution < -0.4 is 5.32 Å². The maximum Gasteiger partial charge on any atom is 0.275 e. The number of carbonyl (C=O) groups excluding carboxylic acids is 2. The fourth-order valence-corrected chi connectivity index (χ4v) is 2.24. The van der Waals surface area contributed by atoms with Crippen LogP contribution in [-0.4, -0.2) is 53.2 Å². The van der Waals surface area contributed by atoms with Crippen molar-refractivity contribution in [2.45, 2.75) is 6.92 Å². The van der Waals surface area contributed by atoms with Crippen LogP contribution >= 0.6 is 0 Å². The number of nitrogens with one attached hydrogen (secondary N) is 1. The summed E-state index contributed by atoms with van der Waals surface area (Å²) in [5, 5.41) is 6.26. The summed E-state index contributed by atoms with van der Waals surface area (Å²) >= 11 is 0. The van der Waals surface area contributed by atoms with E-state index in [9.17, 15) is 9.59 Å². The molecule has 3 rings (SSSR count). The first-order valence-corrected chi connectivity index (χ1v) is 7.21. The van der Waals surface area contributed by atoms with Gasteiger partial charge in [0.25, 0.3) is 11.8 Å². The number of amides is 2. The van der Waals surface area contributed by atoms with Crippen molar-refractivity contribution in [3.8, 4) is 0 Å². The standard InChI is InChI=1S/C15H16N4O4/c1-10-8-13(18-23-10)17-14(20)12-9-11(2-3-16-12)15(21)19-4-6-22-7-5-19/h2-3,8-9H,4-7H2,1H3,(H,17,18,20). The molecule has 1 fully saturated rings. The van der Waals surface area contributed by atoms with Gasteiger partial charge in [0.2, 0.25) is 0 Å². The summed E-state index contributed by atoms with van der Waals surface area (Å²) in [7, 11) is 0. The predicted octanol–water partition coefficient (Wildman–Crippen LogP) is 1.10. The molecule has 8 nitrogen and oxygen atoms in total. The van der Waals surface area contributed by atoms with Crippen LogP contribution in [-0.2, 0) is 4.74 Å². The summed E-state index contributed by atoms with van der Waals surface area (Å²) in [5.74, 6) is 0.306. The van der Waals surface area contributed by atoms with Gasteiger partial charge in [0, 0.05) is 30.9 Å². The minimum atomic E-state index is -0.449. The van der Waals surface area contributed by atoms with Gasteiger partial charge in [0.05, 0.1) is 13.2 Å². The lowest BCUT2D eigenvalue weighted by molar-refractivity contribution is 0.0303. The molecule has 0 radical (unpaired) electrons. The van der Waals surface area contributed by atoms with Crippen LogP contribution in [0.1, 0.15) is 26.6 Å². The van der Waals surface area contributed by atoms with Gasteiger partial charge in [0.1, 0.15) is 11.5 Å². The van der Waals surface area contributed by atoms with E-state index in [-0.39, 0.29) is 11.6 Å². The highest BCUT2D eigenvalue weighted by Gasteiger charge is 2.20. The maximum absolute atomic E-state index is 12.4. The molecule has 3 heterocycles. The van der Waals surface area contributed by atoms with Gasteiger partial charge in [-0.25, -0.2) is 0 Å². The Bertz CT molecular complexity index is 722. The number of nitrogens with zero attached hydrogens (tertiary/aromatic N) is 3. The van der Waals surface area contributed by atoms with Crippen molar-refractivity contribution in [3.05, 3.63) is 41.4 Å². The predicted molar refractivity (Wildman–Crippen MR) is 80.2 cm³/mol. The number of rotatable bonds is 3. The van der Waals surface area contributed by atoms with Crippen LogP contribution in [0.2, 0.25) is 0 Å². The van der Waals surface area contributed by atoms with Gasteiger partial charge in [-0.15, -0.1) is 0 Å². The number of aryl methyl sites for hydroxylation is 1. The van der Waals surface area contributed by atoms with Crippen LogP contribution in [0.3, 0.4) is 0 Å². The molecule has 8 heteroatoms. The molecule has 0 aliphatic carbocycles. The second kappa shape index (κ2) is 6.57. The number of pyridine rings is 1. The first-order chi connectivity index (χ1) is 11.1. The van der Waals surface area contributed by atoms with Crippen molar-refractivity contribution in [3.63, 3.8) is 0 Å². The van der Waals surface area contributed by atoms with Gasteiger partial charge < -0.3 is 19.5 Å². The fourth-order valence-electron chi connectivity index (χ4n) is 2.24. The Kier molecular flexibility index (Phi) is 4.33. The van der Waals surface area contributed by atoms with Crippen LogP contribution in [0.4, 0.5) is 5.82 Å². The summed E-state index contributed by atoms with van der Waals surface area (Å²) in [4.78, 5) is 30.3. The Labute approximate surface area is 132 Å². The van der Waals surface area contributed by atoms with E-state index in [1.54, 1.807) is 24.0 Å². The molecule has 0 spiro atoms. The Hall–Kier alpha value is -2.74. The van der Waals surface area contributed by atoms with E-state index in [0.29, 0.717) is 43.4 Å². The average Bonchev–Trinajstić information content (AvgIpc) is 3.00. The molecule has 23 heavy (non-hydrogen) atoms. The normalized spacial score (nSPS) is 14.6. The highest BCUT2D eigenvalue weighted by atomic mass is 16.5. The number of anilines is 1. The van der Waals surface area contributed by atoms with Gasteiger partial charge in [-0.2, -0.15) is 0 Å². The SMILES string of the molecule is Cc1cc(NC(=O)c2cc(C(=O)N3CCOCC3)ccn2)no1. The van der Waals surface area contributed by atoms with Gasteiger partial charge in [0.15, 0.2) is 5.82 Å². The van der Waals surface area contributed by atoms with Crippen molar-refractivity contribution in [2.24, 2.45) is 0 Å². The van der Waals surface area contributed by atoms with E-state index in [4.69, 9.17) is 9.26 Å². The van der Waals surface area contributed by atoms with Crippen LogP contribution in [0.25, 0.3) is 0 Å². The molecule has 1 saturated heterocycles. The van der Waals surface area contributed by atoms with E-state index < -0.39 is 5.91 Å². The zero-order valence-electron chi connectivity index (χ0n) is 12.6. The number of morpholine rings is 1. The first-order valence-electron chi connectivity index (χ1n) is 7.21. The molecule has 1 aliphatic rings. The Morgan fingerprint density at radius 1 is 1.26 bits per heavy atom. The number of ether oxygens (including phenoxy) is 1. The zero-order chi connectivity index (χ0) is 16.2. The Morgan fingerprint density at radius 3 is 2.74 bits per heavy atom. The number of aromatic nitrogens is 2. The molecule has 2 aromatic rings. The first kappa shape index (κ1) is 15.2. The number of carbonyl (C=O) groups is 2. The highest BCUT2D eigenvalue weighted by Crippen LogP contribution is 2.11. The van der Waals surface area contributed by atoms with Gasteiger partial charge in [-0.3, -0.25) is 14.6 Å². The summed E-state index contributed by atoms with van der Waals surface area (Å²) in [6, 6.07) is 4.66. The average molecular weight is 316 g/mol. The zero-order valence-corrected chi connectivity index (χ0v) is 12.6. The molecule has 2 aromatic heterocycles. The molecule has 1 N–H and O–H groups in total. The molecule has 0 bridgehead atoms. The monoisotopic (exact) mass is 316 g/mol. The molecule has 0 aromatic carbocycles. The molecule has 1 aliphatic heterocycles. The smallest absolute Gasteiger partial charge is 0.275 e. The van der Waals surface area contributed by atoms with Crippen LogP contribution in [0.15, 0.2) is 28.9 Å².